The van der Waals surface area contributed by atoms with Gasteiger partial charge in [0, 0.05) is 15.4 Å². The Bertz CT molecular complexity index is 864. The lowest BCUT2D eigenvalue weighted by Gasteiger charge is -1.99. The van der Waals surface area contributed by atoms with Crippen molar-refractivity contribution >= 4 is 38.7 Å². The minimum atomic E-state index is 0.266. The fraction of sp³-hybridized carbons (Fsp3) is 0. The minimum Gasteiger partial charge on any atom is -0.277 e. The molecule has 0 radical (unpaired) electrons. The van der Waals surface area contributed by atoms with Crippen LogP contribution in [0.3, 0.4) is 0 Å². The van der Waals surface area contributed by atoms with Crippen molar-refractivity contribution in [1.82, 2.24) is 4.98 Å². The zero-order valence-electron chi connectivity index (χ0n) is 11.9. The van der Waals surface area contributed by atoms with Crippen molar-refractivity contribution in [1.29, 1.82) is 5.26 Å². The van der Waals surface area contributed by atoms with Gasteiger partial charge in [0.1, 0.15) is 6.07 Å². The van der Waals surface area contributed by atoms with Gasteiger partial charge < -0.3 is 0 Å². The van der Waals surface area contributed by atoms with Crippen molar-refractivity contribution in [2.75, 3.05) is 5.43 Å². The lowest BCUT2D eigenvalue weighted by molar-refractivity contribution is 1.31. The lowest BCUT2D eigenvalue weighted by atomic mass is 10.2. The van der Waals surface area contributed by atoms with E-state index in [1.54, 1.807) is 0 Å². The van der Waals surface area contributed by atoms with Crippen LogP contribution in [0.1, 0.15) is 5.01 Å². The third-order valence-electron chi connectivity index (χ3n) is 3.02. The highest BCUT2D eigenvalue weighted by atomic mass is 79.9. The maximum absolute atomic E-state index is 9.31. The van der Waals surface area contributed by atoms with Gasteiger partial charge in [0.15, 0.2) is 10.7 Å². The highest BCUT2D eigenvalue weighted by Gasteiger charge is 2.10. The molecule has 0 aliphatic carbocycles. The van der Waals surface area contributed by atoms with Crippen LogP contribution in [-0.2, 0) is 0 Å². The number of nitriles is 1. The van der Waals surface area contributed by atoms with E-state index >= 15 is 0 Å². The molecule has 0 bridgehead atoms. The second-order valence-corrected chi connectivity index (χ2v) is 6.37. The summed E-state index contributed by atoms with van der Waals surface area (Å²) >= 11 is 4.81. The number of nitrogens with one attached hydrogen (secondary N) is 1. The van der Waals surface area contributed by atoms with E-state index in [1.165, 1.54) is 11.3 Å². The molecule has 2 aromatic carbocycles. The summed E-state index contributed by atoms with van der Waals surface area (Å²) in [5.74, 6) is 0. The standard InChI is InChI=1S/C17H11BrN4S/c18-13-8-6-12(7-9-13)16-11-23-17(20-16)15(10-19)22-21-14-4-2-1-3-5-14/h1-9,11,21H/b22-15+. The summed E-state index contributed by atoms with van der Waals surface area (Å²) in [5, 5.41) is 16.0. The summed E-state index contributed by atoms with van der Waals surface area (Å²) in [7, 11) is 0. The van der Waals surface area contributed by atoms with Gasteiger partial charge >= 0.3 is 0 Å². The maximum atomic E-state index is 9.31. The molecular weight excluding hydrogens is 372 g/mol. The molecule has 0 saturated heterocycles. The number of aromatic nitrogens is 1. The highest BCUT2D eigenvalue weighted by Crippen LogP contribution is 2.24. The van der Waals surface area contributed by atoms with Gasteiger partial charge in [-0.3, -0.25) is 5.43 Å². The molecule has 0 fully saturated rings. The number of halogens is 1. The van der Waals surface area contributed by atoms with E-state index in [0.717, 1.165) is 21.4 Å². The van der Waals surface area contributed by atoms with Gasteiger partial charge in [-0.2, -0.15) is 10.4 Å². The Balaban J connectivity index is 1.83. The van der Waals surface area contributed by atoms with Crippen molar-refractivity contribution in [3.8, 4) is 17.3 Å². The first-order valence-corrected chi connectivity index (χ1v) is 8.44. The number of thiazole rings is 1. The number of nitrogens with zero attached hydrogens (tertiary/aromatic N) is 3. The molecule has 1 heterocycles. The van der Waals surface area contributed by atoms with Crippen LogP contribution in [0.25, 0.3) is 11.3 Å². The van der Waals surface area contributed by atoms with E-state index in [1.807, 2.05) is 60.0 Å². The first-order valence-electron chi connectivity index (χ1n) is 6.77. The van der Waals surface area contributed by atoms with E-state index < -0.39 is 0 Å². The Morgan fingerprint density at radius 3 is 2.57 bits per heavy atom. The highest BCUT2D eigenvalue weighted by molar-refractivity contribution is 9.10. The quantitative estimate of drug-likeness (QED) is 0.514. The van der Waals surface area contributed by atoms with Crippen LogP contribution < -0.4 is 5.43 Å². The van der Waals surface area contributed by atoms with Gasteiger partial charge in [-0.05, 0) is 24.3 Å². The van der Waals surface area contributed by atoms with Crippen molar-refractivity contribution in [3.63, 3.8) is 0 Å². The van der Waals surface area contributed by atoms with Crippen LogP contribution in [0.2, 0.25) is 0 Å². The molecule has 0 amide bonds. The van der Waals surface area contributed by atoms with Gasteiger partial charge in [-0.1, -0.05) is 46.3 Å². The van der Waals surface area contributed by atoms with Crippen molar-refractivity contribution in [2.24, 2.45) is 5.10 Å². The predicted octanol–water partition coefficient (Wildman–Crippen LogP) is 4.91. The van der Waals surface area contributed by atoms with Gasteiger partial charge in [-0.25, -0.2) is 4.98 Å². The Labute approximate surface area is 146 Å². The number of anilines is 1. The monoisotopic (exact) mass is 382 g/mol. The molecule has 1 N–H and O–H groups in total. The Hall–Kier alpha value is -2.49. The summed E-state index contributed by atoms with van der Waals surface area (Å²) in [5.41, 5.74) is 5.80. The Morgan fingerprint density at radius 2 is 1.87 bits per heavy atom. The van der Waals surface area contributed by atoms with Crippen LogP contribution in [-0.4, -0.2) is 10.7 Å². The second-order valence-electron chi connectivity index (χ2n) is 4.59. The zero-order chi connectivity index (χ0) is 16.1. The normalized spacial score (nSPS) is 11.0. The summed E-state index contributed by atoms with van der Waals surface area (Å²) in [6.45, 7) is 0. The van der Waals surface area contributed by atoms with Gasteiger partial charge in [0.2, 0.25) is 0 Å². The number of hydrogen-bond donors (Lipinski definition) is 1. The summed E-state index contributed by atoms with van der Waals surface area (Å²) < 4.78 is 1.02. The van der Waals surface area contributed by atoms with Crippen molar-refractivity contribution < 1.29 is 0 Å². The third-order valence-corrected chi connectivity index (χ3v) is 4.40. The molecule has 0 unspecified atom stereocenters. The fourth-order valence-corrected chi connectivity index (χ4v) is 2.92. The SMILES string of the molecule is N#C/C(=N\Nc1ccccc1)c1nc(-c2ccc(Br)cc2)cs1. The van der Waals surface area contributed by atoms with Crippen molar-refractivity contribution in [2.45, 2.75) is 0 Å². The van der Waals surface area contributed by atoms with E-state index in [9.17, 15) is 5.26 Å². The molecule has 3 rings (SSSR count). The van der Waals surface area contributed by atoms with Gasteiger partial charge in [-0.15, -0.1) is 11.3 Å². The predicted molar refractivity (Wildman–Crippen MR) is 97.5 cm³/mol. The molecule has 0 aliphatic rings. The molecule has 4 nitrogen and oxygen atoms in total. The largest absolute Gasteiger partial charge is 0.277 e. The average Bonchev–Trinajstić information content (AvgIpc) is 3.07. The summed E-state index contributed by atoms with van der Waals surface area (Å²) in [6, 6.07) is 19.5. The average molecular weight is 383 g/mol. The molecule has 1 aromatic heterocycles. The molecule has 112 valence electrons. The number of benzene rings is 2. The zero-order valence-corrected chi connectivity index (χ0v) is 14.3. The van der Waals surface area contributed by atoms with E-state index in [2.05, 4.69) is 37.5 Å². The fourth-order valence-electron chi connectivity index (χ4n) is 1.89. The molecule has 3 aromatic rings. The van der Waals surface area contributed by atoms with Crippen LogP contribution in [0, 0.1) is 11.3 Å². The van der Waals surface area contributed by atoms with Crippen LogP contribution in [0.4, 0.5) is 5.69 Å². The number of rotatable bonds is 4. The second kappa shape index (κ2) is 7.18. The molecule has 0 spiro atoms. The molecule has 0 atom stereocenters. The van der Waals surface area contributed by atoms with Gasteiger partial charge in [0.05, 0.1) is 11.4 Å². The summed E-state index contributed by atoms with van der Waals surface area (Å²) in [4.78, 5) is 4.50. The Morgan fingerprint density at radius 1 is 1.13 bits per heavy atom. The molecule has 6 heteroatoms. The lowest BCUT2D eigenvalue weighted by Crippen LogP contribution is -2.01. The smallest absolute Gasteiger partial charge is 0.196 e. The molecule has 0 aliphatic heterocycles. The maximum Gasteiger partial charge on any atom is 0.196 e. The molecule has 0 saturated carbocycles. The number of para-hydroxylation sites is 1. The van der Waals surface area contributed by atoms with Crippen LogP contribution in [0.15, 0.2) is 69.6 Å². The Kier molecular flexibility index (Phi) is 4.81. The number of hydrogen-bond acceptors (Lipinski definition) is 5. The van der Waals surface area contributed by atoms with Crippen LogP contribution >= 0.6 is 27.3 Å². The third kappa shape index (κ3) is 3.83. The first kappa shape index (κ1) is 15.4. The van der Waals surface area contributed by atoms with Gasteiger partial charge in [0.25, 0.3) is 0 Å². The van der Waals surface area contributed by atoms with Crippen molar-refractivity contribution in [3.05, 3.63) is 69.5 Å². The van der Waals surface area contributed by atoms with E-state index in [-0.39, 0.29) is 5.71 Å². The molecular formula is C17H11BrN4S. The summed E-state index contributed by atoms with van der Waals surface area (Å²) in [6.07, 6.45) is 0. The topological polar surface area (TPSA) is 61.1 Å². The van der Waals surface area contributed by atoms with Crippen LogP contribution in [0.5, 0.6) is 0 Å². The number of hydrazone groups is 1. The minimum absolute atomic E-state index is 0.266. The van der Waals surface area contributed by atoms with E-state index in [4.69, 9.17) is 0 Å². The molecule has 23 heavy (non-hydrogen) atoms. The first-order chi connectivity index (χ1) is 11.3. The van der Waals surface area contributed by atoms with E-state index in [0.29, 0.717) is 5.01 Å².